The fourth-order valence-electron chi connectivity index (χ4n) is 2.20. The molecule has 1 N–H and O–H groups in total. The lowest BCUT2D eigenvalue weighted by Crippen LogP contribution is -2.25. The third-order valence-corrected chi connectivity index (χ3v) is 3.39. The van der Waals surface area contributed by atoms with E-state index in [0.29, 0.717) is 5.82 Å². The monoisotopic (exact) mass is 267 g/mol. The van der Waals surface area contributed by atoms with Crippen LogP contribution in [-0.2, 0) is 13.5 Å². The summed E-state index contributed by atoms with van der Waals surface area (Å²) in [7, 11) is 3.88. The second-order valence-corrected chi connectivity index (χ2v) is 4.65. The number of aromatic nitrogens is 1. The van der Waals surface area contributed by atoms with E-state index in [-0.39, 0.29) is 0 Å². The fraction of sp³-hybridized carbons (Fsp3) is 0.235. The minimum Gasteiger partial charge on any atom is -0.374 e. The van der Waals surface area contributed by atoms with Crippen molar-refractivity contribution < 1.29 is 0 Å². The van der Waals surface area contributed by atoms with Crippen molar-refractivity contribution in [1.29, 1.82) is 0 Å². The van der Waals surface area contributed by atoms with Crippen molar-refractivity contribution in [3.05, 3.63) is 65.9 Å². The van der Waals surface area contributed by atoms with Gasteiger partial charge in [-0.25, -0.2) is 4.99 Å². The van der Waals surface area contributed by atoms with Crippen LogP contribution in [0.25, 0.3) is 11.3 Å². The van der Waals surface area contributed by atoms with Crippen molar-refractivity contribution in [2.24, 2.45) is 12.0 Å². The molecule has 20 heavy (non-hydrogen) atoms. The van der Waals surface area contributed by atoms with Gasteiger partial charge in [0.1, 0.15) is 11.3 Å². The quantitative estimate of drug-likeness (QED) is 0.907. The average Bonchev–Trinajstić information content (AvgIpc) is 2.49. The molecule has 2 rings (SSSR count). The lowest BCUT2D eigenvalue weighted by atomic mass is 10.1. The van der Waals surface area contributed by atoms with Gasteiger partial charge in [-0.3, -0.25) is 0 Å². The number of nitrogens with one attached hydrogen (secondary N) is 1. The van der Waals surface area contributed by atoms with Crippen LogP contribution in [0.5, 0.6) is 0 Å². The second kappa shape index (κ2) is 6.24. The molecule has 0 fully saturated rings. The van der Waals surface area contributed by atoms with Crippen LogP contribution in [0, 0.1) is 0 Å². The van der Waals surface area contributed by atoms with Crippen LogP contribution in [0.2, 0.25) is 0 Å². The summed E-state index contributed by atoms with van der Waals surface area (Å²) in [4.78, 5) is 4.59. The molecule has 0 saturated heterocycles. The summed E-state index contributed by atoms with van der Waals surface area (Å²) in [6.07, 6.45) is 0.943. The van der Waals surface area contributed by atoms with Gasteiger partial charge < -0.3 is 9.88 Å². The first-order valence-electron chi connectivity index (χ1n) is 6.83. The summed E-state index contributed by atoms with van der Waals surface area (Å²) in [5, 5.41) is 2.98. The Bertz CT molecular complexity index is 666. The molecule has 0 bridgehead atoms. The molecule has 1 aromatic carbocycles. The Hall–Kier alpha value is -2.29. The normalized spacial score (nSPS) is 11.4. The van der Waals surface area contributed by atoms with E-state index in [2.05, 4.69) is 52.6 Å². The Morgan fingerprint density at radius 3 is 2.50 bits per heavy atom. The number of hydrogen-bond acceptors (Lipinski definition) is 2. The van der Waals surface area contributed by atoms with Crippen LogP contribution >= 0.6 is 0 Å². The Morgan fingerprint density at radius 1 is 1.20 bits per heavy atom. The molecule has 0 unspecified atom stereocenters. The highest BCUT2D eigenvalue weighted by atomic mass is 15.1. The van der Waals surface area contributed by atoms with E-state index < -0.39 is 0 Å². The van der Waals surface area contributed by atoms with Crippen LogP contribution in [0.3, 0.4) is 0 Å². The van der Waals surface area contributed by atoms with Crippen LogP contribution in [0.1, 0.15) is 12.5 Å². The molecule has 1 heterocycles. The largest absolute Gasteiger partial charge is 0.374 e. The maximum atomic E-state index is 4.59. The van der Waals surface area contributed by atoms with E-state index >= 15 is 0 Å². The van der Waals surface area contributed by atoms with Gasteiger partial charge in [-0.2, -0.15) is 0 Å². The molecule has 104 valence electrons. The number of nitrogens with zero attached hydrogens (tertiary/aromatic N) is 2. The van der Waals surface area contributed by atoms with Crippen molar-refractivity contribution in [3.63, 3.8) is 0 Å². The number of pyridine rings is 1. The van der Waals surface area contributed by atoms with Gasteiger partial charge in [0.2, 0.25) is 0 Å². The molecule has 0 amide bonds. The molecule has 0 saturated carbocycles. The standard InChI is InChI=1S/C17H21N3/c1-5-14-11-12-16(15-9-7-6-8-10-15)20(4)17(14)19-13(2)18-3/h6-12,18H,2,5H2,1,3-4H3/b19-17-. The maximum Gasteiger partial charge on any atom is 0.138 e. The van der Waals surface area contributed by atoms with Gasteiger partial charge in [0.25, 0.3) is 0 Å². The zero-order chi connectivity index (χ0) is 14.5. The predicted octanol–water partition coefficient (Wildman–Crippen LogP) is 2.85. The van der Waals surface area contributed by atoms with Gasteiger partial charge >= 0.3 is 0 Å². The van der Waals surface area contributed by atoms with Gasteiger partial charge in [0.05, 0.1) is 0 Å². The summed E-state index contributed by atoms with van der Waals surface area (Å²) >= 11 is 0. The minimum atomic E-state index is 0.667. The minimum absolute atomic E-state index is 0.667. The Kier molecular flexibility index (Phi) is 4.41. The van der Waals surface area contributed by atoms with Gasteiger partial charge in [0.15, 0.2) is 0 Å². The molecule has 3 nitrogen and oxygen atoms in total. The third kappa shape index (κ3) is 2.82. The van der Waals surface area contributed by atoms with E-state index in [9.17, 15) is 0 Å². The van der Waals surface area contributed by atoms with E-state index in [1.807, 2.05) is 32.3 Å². The average molecular weight is 267 g/mol. The first-order valence-corrected chi connectivity index (χ1v) is 6.83. The van der Waals surface area contributed by atoms with Gasteiger partial charge in [-0.1, -0.05) is 49.9 Å². The Labute approximate surface area is 120 Å². The maximum absolute atomic E-state index is 4.59. The van der Waals surface area contributed by atoms with Gasteiger partial charge in [-0.05, 0) is 23.6 Å². The zero-order valence-corrected chi connectivity index (χ0v) is 12.4. The smallest absolute Gasteiger partial charge is 0.138 e. The molecule has 0 aliphatic heterocycles. The molecule has 0 aliphatic rings. The fourth-order valence-corrected chi connectivity index (χ4v) is 2.20. The molecule has 0 atom stereocenters. The molecule has 1 aromatic heterocycles. The van der Waals surface area contributed by atoms with Gasteiger partial charge in [0, 0.05) is 19.8 Å². The van der Waals surface area contributed by atoms with E-state index in [0.717, 1.165) is 17.6 Å². The molecule has 3 heteroatoms. The summed E-state index contributed by atoms with van der Waals surface area (Å²) in [5.74, 6) is 0.667. The second-order valence-electron chi connectivity index (χ2n) is 4.65. The first-order chi connectivity index (χ1) is 9.67. The molecular weight excluding hydrogens is 246 g/mol. The molecule has 0 radical (unpaired) electrons. The first kappa shape index (κ1) is 14.1. The van der Waals surface area contributed by atoms with Gasteiger partial charge in [-0.15, -0.1) is 0 Å². The highest BCUT2D eigenvalue weighted by Crippen LogP contribution is 2.17. The lowest BCUT2D eigenvalue weighted by Gasteiger charge is -2.13. The summed E-state index contributed by atoms with van der Waals surface area (Å²) in [6.45, 7) is 6.03. The Balaban J connectivity index is 2.67. The van der Waals surface area contributed by atoms with Crippen LogP contribution in [0.4, 0.5) is 0 Å². The van der Waals surface area contributed by atoms with Crippen molar-refractivity contribution in [2.75, 3.05) is 7.05 Å². The number of benzene rings is 1. The van der Waals surface area contributed by atoms with E-state index in [1.165, 1.54) is 11.1 Å². The predicted molar refractivity (Wildman–Crippen MR) is 84.0 cm³/mol. The topological polar surface area (TPSA) is 29.3 Å². The Morgan fingerprint density at radius 2 is 1.90 bits per heavy atom. The van der Waals surface area contributed by atoms with E-state index in [4.69, 9.17) is 0 Å². The summed E-state index contributed by atoms with van der Waals surface area (Å²) in [5.41, 5.74) is 4.49. The summed E-state index contributed by atoms with van der Waals surface area (Å²) < 4.78 is 2.12. The highest BCUT2D eigenvalue weighted by molar-refractivity contribution is 5.59. The van der Waals surface area contributed by atoms with E-state index in [1.54, 1.807) is 0 Å². The van der Waals surface area contributed by atoms with Crippen molar-refractivity contribution >= 4 is 0 Å². The van der Waals surface area contributed by atoms with Crippen molar-refractivity contribution in [1.82, 2.24) is 9.88 Å². The molecule has 0 aliphatic carbocycles. The zero-order valence-electron chi connectivity index (χ0n) is 12.4. The number of rotatable bonds is 4. The van der Waals surface area contributed by atoms with Crippen molar-refractivity contribution in [2.45, 2.75) is 13.3 Å². The molecule has 0 spiro atoms. The van der Waals surface area contributed by atoms with Crippen LogP contribution < -0.4 is 10.8 Å². The lowest BCUT2D eigenvalue weighted by molar-refractivity contribution is 0.795. The molecular formula is C17H21N3. The third-order valence-electron chi connectivity index (χ3n) is 3.39. The number of hydrogen-bond donors (Lipinski definition) is 1. The SMILES string of the molecule is C=C(/N=c1/c(CC)ccc(-c2ccccc2)n1C)NC. The van der Waals surface area contributed by atoms with Crippen LogP contribution in [-0.4, -0.2) is 11.6 Å². The highest BCUT2D eigenvalue weighted by Gasteiger charge is 2.05. The summed E-state index contributed by atoms with van der Waals surface area (Å²) in [6, 6.07) is 14.6. The number of aryl methyl sites for hydroxylation is 1. The van der Waals surface area contributed by atoms with Crippen molar-refractivity contribution in [3.8, 4) is 11.3 Å². The van der Waals surface area contributed by atoms with Crippen LogP contribution in [0.15, 0.2) is 59.9 Å². The molecule has 2 aromatic rings.